The Hall–Kier alpha value is -1.71. The number of nitro groups is 1. The molecule has 0 unspecified atom stereocenters. The number of Topliss-reactive ketones (excluding diaryl/α,β-unsaturated/α-hetero) is 1. The predicted molar refractivity (Wildman–Crippen MR) is 68.4 cm³/mol. The van der Waals surface area contributed by atoms with Crippen LogP contribution in [0.3, 0.4) is 0 Å². The second-order valence-electron chi connectivity index (χ2n) is 4.90. The van der Waals surface area contributed by atoms with E-state index in [9.17, 15) is 14.9 Å². The van der Waals surface area contributed by atoms with Crippen molar-refractivity contribution < 1.29 is 9.72 Å². The number of nitro benzene ring substituents is 1. The molecule has 0 aromatic heterocycles. The molecule has 1 saturated carbocycles. The van der Waals surface area contributed by atoms with Gasteiger partial charge in [0.15, 0.2) is 0 Å². The summed E-state index contributed by atoms with van der Waals surface area (Å²) >= 11 is 0. The number of nitrogens with zero attached hydrogens (tertiary/aromatic N) is 1. The normalized spacial score (nSPS) is 16.4. The van der Waals surface area contributed by atoms with E-state index >= 15 is 0 Å². The Morgan fingerprint density at radius 1 is 1.17 bits per heavy atom. The van der Waals surface area contributed by atoms with Crippen LogP contribution in [0.1, 0.15) is 37.7 Å². The lowest BCUT2D eigenvalue weighted by Gasteiger charge is -2.20. The minimum absolute atomic E-state index is 0.0730. The van der Waals surface area contributed by atoms with E-state index in [1.165, 1.54) is 18.6 Å². The average Bonchev–Trinajstić information content (AvgIpc) is 2.40. The van der Waals surface area contributed by atoms with Gasteiger partial charge < -0.3 is 0 Å². The predicted octanol–water partition coefficient (Wildman–Crippen LogP) is 3.29. The second-order valence-corrected chi connectivity index (χ2v) is 4.90. The fourth-order valence-corrected chi connectivity index (χ4v) is 2.51. The van der Waals surface area contributed by atoms with Gasteiger partial charge in [0, 0.05) is 24.5 Å². The summed E-state index contributed by atoms with van der Waals surface area (Å²) in [5.74, 6) is 0.484. The van der Waals surface area contributed by atoms with Gasteiger partial charge in [-0.15, -0.1) is 0 Å². The van der Waals surface area contributed by atoms with E-state index in [1.807, 2.05) is 0 Å². The molecule has 0 aliphatic heterocycles. The first-order valence-electron chi connectivity index (χ1n) is 6.43. The molecule has 1 aliphatic rings. The molecule has 1 aliphatic carbocycles. The van der Waals surface area contributed by atoms with Crippen LogP contribution in [0.4, 0.5) is 5.69 Å². The minimum Gasteiger partial charge on any atom is -0.299 e. The lowest BCUT2D eigenvalue weighted by atomic mass is 9.84. The molecule has 0 N–H and O–H groups in total. The highest BCUT2D eigenvalue weighted by molar-refractivity contribution is 5.83. The van der Waals surface area contributed by atoms with Crippen LogP contribution in [0.15, 0.2) is 24.3 Å². The number of ketones is 1. The molecule has 0 saturated heterocycles. The molecule has 18 heavy (non-hydrogen) atoms. The van der Waals surface area contributed by atoms with Gasteiger partial charge in [-0.05, 0) is 18.4 Å². The van der Waals surface area contributed by atoms with Gasteiger partial charge in [-0.2, -0.15) is 0 Å². The molecule has 1 aromatic carbocycles. The Morgan fingerprint density at radius 2 is 1.78 bits per heavy atom. The van der Waals surface area contributed by atoms with Crippen molar-refractivity contribution in [3.63, 3.8) is 0 Å². The maximum Gasteiger partial charge on any atom is 0.269 e. The highest BCUT2D eigenvalue weighted by Gasteiger charge is 2.21. The van der Waals surface area contributed by atoms with Crippen molar-refractivity contribution in [1.82, 2.24) is 0 Å². The van der Waals surface area contributed by atoms with Crippen LogP contribution >= 0.6 is 0 Å². The third-order valence-electron chi connectivity index (χ3n) is 3.59. The zero-order valence-corrected chi connectivity index (χ0v) is 10.3. The van der Waals surface area contributed by atoms with Gasteiger partial charge >= 0.3 is 0 Å². The van der Waals surface area contributed by atoms with E-state index in [0.29, 0.717) is 6.42 Å². The molecular weight excluding hydrogens is 230 g/mol. The van der Waals surface area contributed by atoms with Crippen LogP contribution in [0, 0.1) is 16.0 Å². The van der Waals surface area contributed by atoms with Gasteiger partial charge in [0.2, 0.25) is 0 Å². The molecule has 0 bridgehead atoms. The van der Waals surface area contributed by atoms with Crippen molar-refractivity contribution in [3.05, 3.63) is 39.9 Å². The number of carbonyl (C=O) groups is 1. The topological polar surface area (TPSA) is 60.2 Å². The number of rotatable bonds is 4. The number of carbonyl (C=O) groups excluding carboxylic acids is 1. The molecular formula is C14H17NO3. The molecule has 0 spiro atoms. The summed E-state index contributed by atoms with van der Waals surface area (Å²) in [6, 6.07) is 6.28. The summed E-state index contributed by atoms with van der Waals surface area (Å²) in [4.78, 5) is 22.1. The highest BCUT2D eigenvalue weighted by Crippen LogP contribution is 2.25. The third-order valence-corrected chi connectivity index (χ3v) is 3.59. The van der Waals surface area contributed by atoms with Crippen molar-refractivity contribution in [2.24, 2.45) is 5.92 Å². The van der Waals surface area contributed by atoms with Gasteiger partial charge in [-0.3, -0.25) is 14.9 Å². The van der Waals surface area contributed by atoms with Crippen molar-refractivity contribution in [1.29, 1.82) is 0 Å². The molecule has 0 heterocycles. The van der Waals surface area contributed by atoms with E-state index < -0.39 is 4.92 Å². The first-order valence-corrected chi connectivity index (χ1v) is 6.43. The lowest BCUT2D eigenvalue weighted by molar-refractivity contribution is -0.384. The van der Waals surface area contributed by atoms with Gasteiger partial charge in [-0.1, -0.05) is 31.4 Å². The summed E-state index contributed by atoms with van der Waals surface area (Å²) in [7, 11) is 0. The van der Waals surface area contributed by atoms with Crippen molar-refractivity contribution >= 4 is 11.5 Å². The fourth-order valence-electron chi connectivity index (χ4n) is 2.51. The first kappa shape index (κ1) is 12.7. The number of benzene rings is 1. The van der Waals surface area contributed by atoms with Crippen LogP contribution in [0.2, 0.25) is 0 Å². The number of hydrogen-bond donors (Lipinski definition) is 0. The summed E-state index contributed by atoms with van der Waals surface area (Å²) in [6.07, 6.45) is 5.95. The zero-order valence-electron chi connectivity index (χ0n) is 10.3. The Bertz CT molecular complexity index is 433. The molecule has 1 aromatic rings. The lowest BCUT2D eigenvalue weighted by Crippen LogP contribution is -2.19. The number of hydrogen-bond acceptors (Lipinski definition) is 3. The maximum absolute atomic E-state index is 12.1. The molecule has 4 heteroatoms. The molecule has 1 fully saturated rings. The smallest absolute Gasteiger partial charge is 0.269 e. The summed E-state index contributed by atoms with van der Waals surface area (Å²) < 4.78 is 0. The fraction of sp³-hybridized carbons (Fsp3) is 0.500. The second kappa shape index (κ2) is 5.76. The van der Waals surface area contributed by atoms with Crippen molar-refractivity contribution in [3.8, 4) is 0 Å². The van der Waals surface area contributed by atoms with Crippen LogP contribution in [0.5, 0.6) is 0 Å². The van der Waals surface area contributed by atoms with E-state index in [-0.39, 0.29) is 17.4 Å². The largest absolute Gasteiger partial charge is 0.299 e. The van der Waals surface area contributed by atoms with Crippen LogP contribution < -0.4 is 0 Å². The van der Waals surface area contributed by atoms with Crippen molar-refractivity contribution in [2.75, 3.05) is 0 Å². The summed E-state index contributed by atoms with van der Waals surface area (Å²) in [5.41, 5.74) is 0.944. The average molecular weight is 247 g/mol. The Labute approximate surface area is 106 Å². The Kier molecular flexibility index (Phi) is 4.07. The molecule has 0 amide bonds. The maximum atomic E-state index is 12.1. The number of non-ortho nitro benzene ring substituents is 1. The van der Waals surface area contributed by atoms with Crippen LogP contribution in [0.25, 0.3) is 0 Å². The highest BCUT2D eigenvalue weighted by atomic mass is 16.6. The van der Waals surface area contributed by atoms with E-state index in [4.69, 9.17) is 0 Å². The Morgan fingerprint density at radius 3 is 2.33 bits per heavy atom. The molecule has 0 atom stereocenters. The van der Waals surface area contributed by atoms with Crippen molar-refractivity contribution in [2.45, 2.75) is 38.5 Å². The third kappa shape index (κ3) is 3.15. The van der Waals surface area contributed by atoms with Crippen LogP contribution in [-0.2, 0) is 11.2 Å². The molecule has 96 valence electrons. The van der Waals surface area contributed by atoms with Gasteiger partial charge in [0.1, 0.15) is 5.78 Å². The monoisotopic (exact) mass is 247 g/mol. The molecule has 2 rings (SSSR count). The summed E-state index contributed by atoms with van der Waals surface area (Å²) in [5, 5.41) is 10.5. The van der Waals surface area contributed by atoms with E-state index in [0.717, 1.165) is 31.2 Å². The van der Waals surface area contributed by atoms with Gasteiger partial charge in [0.05, 0.1) is 4.92 Å². The quantitative estimate of drug-likeness (QED) is 0.606. The minimum atomic E-state index is -0.424. The van der Waals surface area contributed by atoms with Gasteiger partial charge in [0.25, 0.3) is 5.69 Å². The van der Waals surface area contributed by atoms with E-state index in [2.05, 4.69) is 0 Å². The SMILES string of the molecule is O=C(Cc1ccc([N+](=O)[O-])cc1)C1CCCCC1. The van der Waals surface area contributed by atoms with Gasteiger partial charge in [-0.25, -0.2) is 0 Å². The first-order chi connectivity index (χ1) is 8.66. The van der Waals surface area contributed by atoms with Crippen LogP contribution in [-0.4, -0.2) is 10.7 Å². The van der Waals surface area contributed by atoms with E-state index in [1.54, 1.807) is 12.1 Å². The standard InChI is InChI=1S/C14H17NO3/c16-14(12-4-2-1-3-5-12)10-11-6-8-13(9-7-11)15(17)18/h6-9,12H,1-5,10H2. The summed E-state index contributed by atoms with van der Waals surface area (Å²) in [6.45, 7) is 0. The Balaban J connectivity index is 1.96. The molecule has 0 radical (unpaired) electrons. The molecule has 4 nitrogen and oxygen atoms in total. The zero-order chi connectivity index (χ0) is 13.0.